The predicted molar refractivity (Wildman–Crippen MR) is 82.3 cm³/mol. The zero-order valence-corrected chi connectivity index (χ0v) is 13.3. The molecule has 0 bridgehead atoms. The highest BCUT2D eigenvalue weighted by molar-refractivity contribution is 7.13. The Morgan fingerprint density at radius 2 is 2.24 bits per heavy atom. The van der Waals surface area contributed by atoms with Crippen molar-refractivity contribution in [2.45, 2.75) is 26.7 Å². The molecule has 0 radical (unpaired) electrons. The van der Waals surface area contributed by atoms with Crippen molar-refractivity contribution in [3.63, 3.8) is 0 Å². The number of hydrogen-bond acceptors (Lipinski definition) is 5. The van der Waals surface area contributed by atoms with Crippen molar-refractivity contribution in [2.75, 3.05) is 26.2 Å². The molecule has 1 fully saturated rings. The SMILES string of the molecule is Cc1nc(C)c(C(=O)N2CCCC(C(=O)NCCN)C2)s1. The molecule has 2 heterocycles. The molecule has 3 N–H and O–H groups in total. The number of carbonyl (C=O) groups excluding carboxylic acids is 2. The van der Waals surface area contributed by atoms with Gasteiger partial charge in [0.25, 0.3) is 5.91 Å². The molecule has 1 aliphatic heterocycles. The molecule has 21 heavy (non-hydrogen) atoms. The topological polar surface area (TPSA) is 88.3 Å². The van der Waals surface area contributed by atoms with E-state index in [0.717, 1.165) is 23.5 Å². The van der Waals surface area contributed by atoms with E-state index < -0.39 is 0 Å². The summed E-state index contributed by atoms with van der Waals surface area (Å²) in [6.07, 6.45) is 1.67. The van der Waals surface area contributed by atoms with Crippen LogP contribution in [-0.4, -0.2) is 47.9 Å². The van der Waals surface area contributed by atoms with Crippen molar-refractivity contribution in [2.24, 2.45) is 11.7 Å². The van der Waals surface area contributed by atoms with E-state index in [4.69, 9.17) is 5.73 Å². The normalized spacial score (nSPS) is 18.6. The van der Waals surface area contributed by atoms with Gasteiger partial charge in [-0.05, 0) is 26.7 Å². The number of aromatic nitrogens is 1. The van der Waals surface area contributed by atoms with Gasteiger partial charge in [-0.25, -0.2) is 4.98 Å². The summed E-state index contributed by atoms with van der Waals surface area (Å²) in [6.45, 7) is 5.85. The Kier molecular flexibility index (Phi) is 5.30. The highest BCUT2D eigenvalue weighted by atomic mass is 32.1. The van der Waals surface area contributed by atoms with Gasteiger partial charge in [0.2, 0.25) is 5.91 Å². The van der Waals surface area contributed by atoms with Crippen LogP contribution in [0.4, 0.5) is 0 Å². The number of hydrogen-bond donors (Lipinski definition) is 2. The van der Waals surface area contributed by atoms with Gasteiger partial charge < -0.3 is 16.0 Å². The molecule has 1 aromatic heterocycles. The number of nitrogens with one attached hydrogen (secondary N) is 1. The van der Waals surface area contributed by atoms with Crippen LogP contribution in [0, 0.1) is 19.8 Å². The summed E-state index contributed by atoms with van der Waals surface area (Å²) in [5.41, 5.74) is 6.17. The lowest BCUT2D eigenvalue weighted by atomic mass is 9.97. The molecule has 1 unspecified atom stereocenters. The van der Waals surface area contributed by atoms with Gasteiger partial charge in [-0.2, -0.15) is 0 Å². The standard InChI is InChI=1S/C14H22N4O2S/c1-9-12(21-10(2)17-9)14(20)18-7-3-4-11(8-18)13(19)16-6-5-15/h11H,3-8,15H2,1-2H3,(H,16,19). The van der Waals surface area contributed by atoms with Crippen molar-refractivity contribution in [1.82, 2.24) is 15.2 Å². The number of nitrogens with two attached hydrogens (primary N) is 1. The Morgan fingerprint density at radius 1 is 1.48 bits per heavy atom. The van der Waals surface area contributed by atoms with Crippen LogP contribution in [0.15, 0.2) is 0 Å². The predicted octanol–water partition coefficient (Wildman–Crippen LogP) is 0.687. The summed E-state index contributed by atoms with van der Waals surface area (Å²) in [4.78, 5) is 31.3. The van der Waals surface area contributed by atoms with E-state index in [9.17, 15) is 9.59 Å². The maximum absolute atomic E-state index is 12.6. The Labute approximate surface area is 128 Å². The summed E-state index contributed by atoms with van der Waals surface area (Å²) >= 11 is 1.42. The van der Waals surface area contributed by atoms with Crippen molar-refractivity contribution < 1.29 is 9.59 Å². The molecule has 2 amide bonds. The first-order chi connectivity index (χ1) is 10.0. The van der Waals surface area contributed by atoms with Crippen LogP contribution in [0.3, 0.4) is 0 Å². The van der Waals surface area contributed by atoms with E-state index in [1.165, 1.54) is 11.3 Å². The van der Waals surface area contributed by atoms with Gasteiger partial charge in [0.15, 0.2) is 0 Å². The van der Waals surface area contributed by atoms with Crippen LogP contribution in [0.25, 0.3) is 0 Å². The highest BCUT2D eigenvalue weighted by Gasteiger charge is 2.30. The Hall–Kier alpha value is -1.47. The smallest absolute Gasteiger partial charge is 0.265 e. The Morgan fingerprint density at radius 3 is 2.86 bits per heavy atom. The van der Waals surface area contributed by atoms with E-state index in [-0.39, 0.29) is 17.7 Å². The van der Waals surface area contributed by atoms with E-state index in [1.807, 2.05) is 13.8 Å². The van der Waals surface area contributed by atoms with E-state index in [1.54, 1.807) is 4.90 Å². The minimum Gasteiger partial charge on any atom is -0.355 e. The number of aryl methyl sites for hydroxylation is 2. The summed E-state index contributed by atoms with van der Waals surface area (Å²) in [6, 6.07) is 0. The number of carbonyl (C=O) groups is 2. The van der Waals surface area contributed by atoms with Crippen LogP contribution >= 0.6 is 11.3 Å². The van der Waals surface area contributed by atoms with Crippen molar-refractivity contribution in [1.29, 1.82) is 0 Å². The molecule has 116 valence electrons. The third kappa shape index (κ3) is 3.79. The lowest BCUT2D eigenvalue weighted by molar-refractivity contribution is -0.126. The van der Waals surface area contributed by atoms with Crippen LogP contribution in [0.1, 0.15) is 33.2 Å². The van der Waals surface area contributed by atoms with E-state index in [0.29, 0.717) is 31.1 Å². The summed E-state index contributed by atoms with van der Waals surface area (Å²) < 4.78 is 0. The molecule has 1 saturated heterocycles. The van der Waals surface area contributed by atoms with Crippen molar-refractivity contribution in [3.8, 4) is 0 Å². The highest BCUT2D eigenvalue weighted by Crippen LogP contribution is 2.23. The molecule has 0 aliphatic carbocycles. The van der Waals surface area contributed by atoms with Crippen LogP contribution in [0.2, 0.25) is 0 Å². The number of thiazole rings is 1. The maximum atomic E-state index is 12.6. The number of likely N-dealkylation sites (tertiary alicyclic amines) is 1. The summed E-state index contributed by atoms with van der Waals surface area (Å²) in [7, 11) is 0. The van der Waals surface area contributed by atoms with E-state index >= 15 is 0 Å². The monoisotopic (exact) mass is 310 g/mol. The lowest BCUT2D eigenvalue weighted by Gasteiger charge is -2.31. The minimum absolute atomic E-state index is 0.00448. The van der Waals surface area contributed by atoms with Gasteiger partial charge >= 0.3 is 0 Å². The average Bonchev–Trinajstić information content (AvgIpc) is 2.82. The van der Waals surface area contributed by atoms with E-state index in [2.05, 4.69) is 10.3 Å². The number of amides is 2. The fourth-order valence-corrected chi connectivity index (χ4v) is 3.48. The molecule has 1 aliphatic rings. The lowest BCUT2D eigenvalue weighted by Crippen LogP contribution is -2.46. The minimum atomic E-state index is -0.136. The molecule has 0 aromatic carbocycles. The number of rotatable bonds is 4. The molecular formula is C14H22N4O2S. The molecule has 1 aromatic rings. The molecule has 1 atom stereocenters. The first-order valence-corrected chi connectivity index (χ1v) is 8.05. The van der Waals surface area contributed by atoms with Crippen molar-refractivity contribution >= 4 is 23.2 Å². The zero-order valence-electron chi connectivity index (χ0n) is 12.5. The Bertz CT molecular complexity index is 529. The van der Waals surface area contributed by atoms with Gasteiger partial charge in [-0.3, -0.25) is 9.59 Å². The molecule has 0 saturated carbocycles. The van der Waals surface area contributed by atoms with Crippen LogP contribution < -0.4 is 11.1 Å². The summed E-state index contributed by atoms with van der Waals surface area (Å²) in [5, 5.41) is 3.70. The first kappa shape index (κ1) is 15.9. The van der Waals surface area contributed by atoms with Gasteiger partial charge in [0.05, 0.1) is 16.6 Å². The average molecular weight is 310 g/mol. The van der Waals surface area contributed by atoms with Crippen LogP contribution in [-0.2, 0) is 4.79 Å². The zero-order chi connectivity index (χ0) is 15.4. The maximum Gasteiger partial charge on any atom is 0.265 e. The quantitative estimate of drug-likeness (QED) is 0.856. The van der Waals surface area contributed by atoms with Gasteiger partial charge in [0.1, 0.15) is 4.88 Å². The first-order valence-electron chi connectivity index (χ1n) is 7.24. The fourth-order valence-electron chi connectivity index (χ4n) is 2.59. The largest absolute Gasteiger partial charge is 0.355 e. The molecule has 6 nitrogen and oxygen atoms in total. The third-order valence-corrected chi connectivity index (χ3v) is 4.68. The van der Waals surface area contributed by atoms with Gasteiger partial charge in [-0.1, -0.05) is 0 Å². The third-order valence-electron chi connectivity index (χ3n) is 3.62. The van der Waals surface area contributed by atoms with Gasteiger partial charge in [0, 0.05) is 26.2 Å². The molecule has 0 spiro atoms. The second-order valence-electron chi connectivity index (χ2n) is 5.32. The molecule has 7 heteroatoms. The number of piperidine rings is 1. The fraction of sp³-hybridized carbons (Fsp3) is 0.643. The van der Waals surface area contributed by atoms with Crippen molar-refractivity contribution in [3.05, 3.63) is 15.6 Å². The van der Waals surface area contributed by atoms with Gasteiger partial charge in [-0.15, -0.1) is 11.3 Å². The second-order valence-corrected chi connectivity index (χ2v) is 6.52. The summed E-state index contributed by atoms with van der Waals surface area (Å²) in [5.74, 6) is -0.145. The molecular weight excluding hydrogens is 288 g/mol. The number of nitrogens with zero attached hydrogens (tertiary/aromatic N) is 2. The second kappa shape index (κ2) is 7.00. The molecule has 2 rings (SSSR count). The Balaban J connectivity index is 2.02. The van der Waals surface area contributed by atoms with Crippen LogP contribution in [0.5, 0.6) is 0 Å².